The zero-order valence-electron chi connectivity index (χ0n) is 13.8. The third-order valence-corrected chi connectivity index (χ3v) is 4.53. The van der Waals surface area contributed by atoms with E-state index < -0.39 is 34.7 Å². The second kappa shape index (κ2) is 6.38. The van der Waals surface area contributed by atoms with Gasteiger partial charge in [0.05, 0.1) is 12.8 Å². The molecule has 0 spiro atoms. The number of aromatic nitrogens is 2. The molecule has 2 aromatic rings. The molecule has 1 unspecified atom stereocenters. The maximum atomic E-state index is 12.9. The molecule has 0 aliphatic heterocycles. The third kappa shape index (κ3) is 2.59. The first-order chi connectivity index (χ1) is 12.3. The van der Waals surface area contributed by atoms with Crippen molar-refractivity contribution in [3.8, 4) is 5.69 Å². The molecule has 0 bridgehead atoms. The lowest BCUT2D eigenvalue weighted by atomic mass is 9.84. The van der Waals surface area contributed by atoms with Crippen LogP contribution < -0.4 is 11.2 Å². The number of Topliss-reactive ketones (excluding diaryl/α,β-unsaturated/α-hetero) is 2. The standard InChI is InChI=1S/C17H13ClN2O6/c1-19-10-7-11(21)13(16(24)26-2)14(22)12(10)15(23)20(17(19)25)9-5-3-8(18)4-6-9/h3-6,13H,7H2,1-2H3. The lowest BCUT2D eigenvalue weighted by Gasteiger charge is -2.23. The van der Waals surface area contributed by atoms with Gasteiger partial charge in [0, 0.05) is 24.2 Å². The number of methoxy groups -OCH3 is 1. The first kappa shape index (κ1) is 17.8. The van der Waals surface area contributed by atoms with Crippen LogP contribution in [0.3, 0.4) is 0 Å². The first-order valence-corrected chi connectivity index (χ1v) is 7.91. The first-order valence-electron chi connectivity index (χ1n) is 7.53. The van der Waals surface area contributed by atoms with Crippen LogP contribution in [0.25, 0.3) is 5.69 Å². The molecule has 134 valence electrons. The Morgan fingerprint density at radius 2 is 1.77 bits per heavy atom. The predicted molar refractivity (Wildman–Crippen MR) is 90.8 cm³/mol. The van der Waals surface area contributed by atoms with E-state index in [0.717, 1.165) is 16.2 Å². The molecule has 9 heteroatoms. The molecule has 0 saturated heterocycles. The molecule has 1 aromatic heterocycles. The zero-order chi connectivity index (χ0) is 19.2. The van der Waals surface area contributed by atoms with Crippen LogP contribution in [0.5, 0.6) is 0 Å². The van der Waals surface area contributed by atoms with Crippen molar-refractivity contribution in [2.45, 2.75) is 6.42 Å². The van der Waals surface area contributed by atoms with Crippen molar-refractivity contribution in [2.24, 2.45) is 13.0 Å². The van der Waals surface area contributed by atoms with Gasteiger partial charge in [0.15, 0.2) is 17.5 Å². The number of nitrogens with zero attached hydrogens (tertiary/aromatic N) is 2. The number of esters is 1. The number of carbonyl (C=O) groups excluding carboxylic acids is 3. The Hall–Kier alpha value is -3.00. The molecule has 8 nitrogen and oxygen atoms in total. The van der Waals surface area contributed by atoms with Gasteiger partial charge in [-0.15, -0.1) is 0 Å². The fraction of sp³-hybridized carbons (Fsp3) is 0.235. The Kier molecular flexibility index (Phi) is 4.37. The fourth-order valence-corrected chi connectivity index (χ4v) is 3.07. The summed E-state index contributed by atoms with van der Waals surface area (Å²) in [4.78, 5) is 62.1. The molecule has 1 aliphatic rings. The number of fused-ring (bicyclic) bond motifs is 1. The monoisotopic (exact) mass is 376 g/mol. The summed E-state index contributed by atoms with van der Waals surface area (Å²) in [5.74, 6) is -4.41. The van der Waals surface area contributed by atoms with E-state index in [1.54, 1.807) is 0 Å². The SMILES string of the molecule is COC(=O)C1C(=O)Cc2c(c(=O)n(-c3ccc(Cl)cc3)c(=O)n2C)C1=O. The van der Waals surface area contributed by atoms with Gasteiger partial charge in [-0.25, -0.2) is 9.36 Å². The maximum Gasteiger partial charge on any atom is 0.335 e. The van der Waals surface area contributed by atoms with Crippen LogP contribution in [-0.4, -0.2) is 33.8 Å². The van der Waals surface area contributed by atoms with Gasteiger partial charge in [-0.1, -0.05) is 11.6 Å². The Morgan fingerprint density at radius 3 is 2.35 bits per heavy atom. The smallest absolute Gasteiger partial charge is 0.335 e. The molecule has 1 heterocycles. The third-order valence-electron chi connectivity index (χ3n) is 4.28. The summed E-state index contributed by atoms with van der Waals surface area (Å²) in [6.45, 7) is 0. The normalized spacial score (nSPS) is 16.3. The Bertz CT molecular complexity index is 1060. The predicted octanol–water partition coefficient (Wildman–Crippen LogP) is 0.287. The molecule has 0 N–H and O–H groups in total. The van der Waals surface area contributed by atoms with Crippen LogP contribution in [0.15, 0.2) is 33.9 Å². The summed E-state index contributed by atoms with van der Waals surface area (Å²) in [6.07, 6.45) is -0.386. The number of hydrogen-bond acceptors (Lipinski definition) is 6. The van der Waals surface area contributed by atoms with E-state index in [1.807, 2.05) is 0 Å². The van der Waals surface area contributed by atoms with Gasteiger partial charge in [-0.3, -0.25) is 23.7 Å². The molecule has 1 aliphatic carbocycles. The largest absolute Gasteiger partial charge is 0.468 e. The van der Waals surface area contributed by atoms with Crippen LogP contribution in [0.2, 0.25) is 5.02 Å². The van der Waals surface area contributed by atoms with E-state index in [9.17, 15) is 24.0 Å². The topological polar surface area (TPSA) is 104 Å². The van der Waals surface area contributed by atoms with Gasteiger partial charge in [0.2, 0.25) is 0 Å². The number of ether oxygens (including phenoxy) is 1. The second-order valence-corrected chi connectivity index (χ2v) is 6.18. The molecule has 1 atom stereocenters. The fourth-order valence-electron chi connectivity index (χ4n) is 2.94. The van der Waals surface area contributed by atoms with Crippen LogP contribution in [-0.2, 0) is 27.8 Å². The van der Waals surface area contributed by atoms with Crippen molar-refractivity contribution >= 4 is 29.1 Å². The highest BCUT2D eigenvalue weighted by Crippen LogP contribution is 2.21. The Morgan fingerprint density at radius 1 is 1.15 bits per heavy atom. The van der Waals surface area contributed by atoms with Gasteiger partial charge in [-0.05, 0) is 24.3 Å². The zero-order valence-corrected chi connectivity index (χ0v) is 14.6. The highest BCUT2D eigenvalue weighted by molar-refractivity contribution is 6.30. The Balaban J connectivity index is 2.32. The van der Waals surface area contributed by atoms with Gasteiger partial charge in [-0.2, -0.15) is 0 Å². The lowest BCUT2D eigenvalue weighted by Crippen LogP contribution is -2.49. The summed E-state index contributed by atoms with van der Waals surface area (Å²) in [5, 5.41) is 0.406. The lowest BCUT2D eigenvalue weighted by molar-refractivity contribution is -0.147. The molecule has 0 fully saturated rings. The van der Waals surface area contributed by atoms with E-state index >= 15 is 0 Å². The van der Waals surface area contributed by atoms with Crippen molar-refractivity contribution < 1.29 is 19.1 Å². The average Bonchev–Trinajstić information content (AvgIpc) is 2.60. The average molecular weight is 377 g/mol. The highest BCUT2D eigenvalue weighted by Gasteiger charge is 2.43. The summed E-state index contributed by atoms with van der Waals surface area (Å²) in [7, 11) is 2.40. The van der Waals surface area contributed by atoms with Gasteiger partial charge in [0.1, 0.15) is 5.56 Å². The van der Waals surface area contributed by atoms with Crippen molar-refractivity contribution in [3.05, 3.63) is 61.4 Å². The van der Waals surface area contributed by atoms with E-state index in [4.69, 9.17) is 11.6 Å². The Labute approximate surface area is 151 Å². The van der Waals surface area contributed by atoms with E-state index in [1.165, 1.54) is 31.3 Å². The van der Waals surface area contributed by atoms with Crippen molar-refractivity contribution in [1.82, 2.24) is 9.13 Å². The molecular formula is C17H13ClN2O6. The van der Waals surface area contributed by atoms with Crippen LogP contribution in [0.1, 0.15) is 16.1 Å². The van der Waals surface area contributed by atoms with Gasteiger partial charge >= 0.3 is 11.7 Å². The minimum absolute atomic E-state index is 0.0135. The number of halogens is 1. The van der Waals surface area contributed by atoms with Crippen LogP contribution in [0.4, 0.5) is 0 Å². The molecule has 26 heavy (non-hydrogen) atoms. The summed E-state index contributed by atoms with van der Waals surface area (Å²) < 4.78 is 6.36. The number of carbonyl (C=O) groups is 3. The highest BCUT2D eigenvalue weighted by atomic mass is 35.5. The van der Waals surface area contributed by atoms with Gasteiger partial charge < -0.3 is 4.74 Å². The molecule has 0 radical (unpaired) electrons. The quantitative estimate of drug-likeness (QED) is 0.551. The van der Waals surface area contributed by atoms with E-state index in [-0.39, 0.29) is 23.4 Å². The maximum absolute atomic E-state index is 12.9. The number of hydrogen-bond donors (Lipinski definition) is 0. The molecule has 3 rings (SSSR count). The molecule has 0 amide bonds. The molecule has 0 saturated carbocycles. The molecule has 1 aromatic carbocycles. The van der Waals surface area contributed by atoms with Crippen molar-refractivity contribution in [3.63, 3.8) is 0 Å². The number of benzene rings is 1. The van der Waals surface area contributed by atoms with Crippen LogP contribution >= 0.6 is 11.6 Å². The number of rotatable bonds is 2. The summed E-state index contributed by atoms with van der Waals surface area (Å²) in [5.41, 5.74) is -1.77. The minimum Gasteiger partial charge on any atom is -0.468 e. The van der Waals surface area contributed by atoms with Crippen molar-refractivity contribution in [1.29, 1.82) is 0 Å². The second-order valence-electron chi connectivity index (χ2n) is 5.74. The molecular weight excluding hydrogens is 364 g/mol. The summed E-state index contributed by atoms with van der Waals surface area (Å²) in [6, 6.07) is 5.89. The number of ketones is 2. The summed E-state index contributed by atoms with van der Waals surface area (Å²) >= 11 is 5.82. The van der Waals surface area contributed by atoms with Crippen molar-refractivity contribution in [2.75, 3.05) is 7.11 Å². The van der Waals surface area contributed by atoms with E-state index in [2.05, 4.69) is 4.74 Å². The van der Waals surface area contributed by atoms with Gasteiger partial charge in [0.25, 0.3) is 5.56 Å². The van der Waals surface area contributed by atoms with E-state index in [0.29, 0.717) is 5.02 Å². The van der Waals surface area contributed by atoms with Crippen LogP contribution in [0, 0.1) is 5.92 Å². The minimum atomic E-state index is -1.70.